The summed E-state index contributed by atoms with van der Waals surface area (Å²) in [5.41, 5.74) is 2.60. The zero-order chi connectivity index (χ0) is 20.1. The van der Waals surface area contributed by atoms with E-state index in [2.05, 4.69) is 33.7 Å². The highest BCUT2D eigenvalue weighted by atomic mass is 32.2. The molecule has 0 aliphatic heterocycles. The van der Waals surface area contributed by atoms with E-state index >= 15 is 0 Å². The van der Waals surface area contributed by atoms with Gasteiger partial charge in [-0.3, -0.25) is 4.79 Å². The summed E-state index contributed by atoms with van der Waals surface area (Å²) < 4.78 is 1.57. The van der Waals surface area contributed by atoms with Crippen LogP contribution in [-0.2, 0) is 17.6 Å². The maximum atomic E-state index is 12.5. The molecule has 7 heteroatoms. The predicted octanol–water partition coefficient (Wildman–Crippen LogP) is 3.79. The lowest BCUT2D eigenvalue weighted by molar-refractivity contribution is -0.119. The number of hydrogen-bond donors (Lipinski definition) is 2. The molecule has 2 aliphatic carbocycles. The van der Waals surface area contributed by atoms with Crippen molar-refractivity contribution in [2.75, 3.05) is 11.6 Å². The fourth-order valence-corrected chi connectivity index (χ4v) is 5.34. The summed E-state index contributed by atoms with van der Waals surface area (Å²) in [4.78, 5) is 12.5. The van der Waals surface area contributed by atoms with E-state index in [1.165, 1.54) is 55.0 Å². The van der Waals surface area contributed by atoms with Crippen LogP contribution in [0.2, 0.25) is 0 Å². The Bertz CT molecular complexity index is 830. The molecular formula is C22H31N5OS. The number of aryl methyl sites for hydroxylation is 2. The average molecular weight is 414 g/mol. The largest absolute Gasteiger partial charge is 0.349 e. The maximum absolute atomic E-state index is 12.5. The van der Waals surface area contributed by atoms with Gasteiger partial charge in [0, 0.05) is 6.42 Å². The summed E-state index contributed by atoms with van der Waals surface area (Å²) in [6.07, 6.45) is 11.9. The lowest BCUT2D eigenvalue weighted by Gasteiger charge is -2.26. The Labute approximate surface area is 177 Å². The minimum absolute atomic E-state index is 0.0171. The number of nitrogens with one attached hydrogen (secondary N) is 1. The molecule has 156 valence electrons. The molecule has 0 radical (unpaired) electrons. The standard InChI is InChI=1S/C22H31N5OS/c23-27-20(14-13-16-7-2-1-3-8-16)25-26-22(27)29-15-21(28)24-19-12-6-10-17-9-4-5-11-18(17)19/h4-5,9,11,16,19H,1-3,6-8,10,12-15,23H2,(H,24,28)/t19-/m1/s1. The first-order chi connectivity index (χ1) is 14.2. The van der Waals surface area contributed by atoms with Crippen LogP contribution < -0.4 is 11.2 Å². The zero-order valence-corrected chi connectivity index (χ0v) is 17.8. The van der Waals surface area contributed by atoms with Gasteiger partial charge in [-0.15, -0.1) is 10.2 Å². The molecule has 0 unspecified atom stereocenters. The summed E-state index contributed by atoms with van der Waals surface area (Å²) in [6, 6.07) is 8.51. The molecule has 2 aliphatic rings. The van der Waals surface area contributed by atoms with E-state index in [-0.39, 0.29) is 11.9 Å². The Morgan fingerprint density at radius 3 is 2.83 bits per heavy atom. The molecule has 1 aromatic carbocycles. The Morgan fingerprint density at radius 2 is 1.97 bits per heavy atom. The fourth-order valence-electron chi connectivity index (χ4n) is 4.66. The van der Waals surface area contributed by atoms with Crippen molar-refractivity contribution in [2.45, 2.75) is 75.4 Å². The van der Waals surface area contributed by atoms with Crippen molar-refractivity contribution in [1.29, 1.82) is 0 Å². The number of aromatic nitrogens is 3. The van der Waals surface area contributed by atoms with Gasteiger partial charge in [0.05, 0.1) is 11.8 Å². The summed E-state index contributed by atoms with van der Waals surface area (Å²) in [5, 5.41) is 12.3. The molecule has 1 amide bonds. The van der Waals surface area contributed by atoms with Gasteiger partial charge in [-0.2, -0.15) is 0 Å². The second-order valence-electron chi connectivity index (χ2n) is 8.31. The number of amides is 1. The quantitative estimate of drug-likeness (QED) is 0.533. The lowest BCUT2D eigenvalue weighted by atomic mass is 9.86. The molecule has 1 saturated carbocycles. The van der Waals surface area contributed by atoms with Gasteiger partial charge in [0.25, 0.3) is 0 Å². The summed E-state index contributed by atoms with van der Waals surface area (Å²) in [5.74, 6) is 8.12. The third-order valence-electron chi connectivity index (χ3n) is 6.27. The van der Waals surface area contributed by atoms with E-state index in [1.807, 2.05) is 6.07 Å². The average Bonchev–Trinajstić information content (AvgIpc) is 3.11. The number of benzene rings is 1. The summed E-state index contributed by atoms with van der Waals surface area (Å²) >= 11 is 1.36. The van der Waals surface area contributed by atoms with Crippen molar-refractivity contribution in [2.24, 2.45) is 5.92 Å². The van der Waals surface area contributed by atoms with Crippen LogP contribution in [0.25, 0.3) is 0 Å². The minimum Gasteiger partial charge on any atom is -0.349 e. The number of nitrogen functional groups attached to an aromatic ring is 1. The second-order valence-corrected chi connectivity index (χ2v) is 9.25. The number of hydrogen-bond acceptors (Lipinski definition) is 5. The molecule has 1 fully saturated rings. The molecule has 0 spiro atoms. The number of rotatable bonds is 7. The Balaban J connectivity index is 1.27. The molecule has 0 saturated heterocycles. The SMILES string of the molecule is Nn1c(CCC2CCCCC2)nnc1SCC(=O)N[C@@H]1CCCc2ccccc21. The van der Waals surface area contributed by atoms with Crippen LogP contribution in [0.1, 0.15) is 74.4 Å². The highest BCUT2D eigenvalue weighted by molar-refractivity contribution is 7.99. The van der Waals surface area contributed by atoms with Crippen LogP contribution >= 0.6 is 11.8 Å². The lowest BCUT2D eigenvalue weighted by Crippen LogP contribution is -2.32. The fraction of sp³-hybridized carbons (Fsp3) is 0.591. The molecule has 6 nitrogen and oxygen atoms in total. The predicted molar refractivity (Wildman–Crippen MR) is 116 cm³/mol. The highest BCUT2D eigenvalue weighted by Gasteiger charge is 2.22. The first-order valence-corrected chi connectivity index (χ1v) is 11.9. The molecular weight excluding hydrogens is 382 g/mol. The molecule has 0 bridgehead atoms. The number of thioether (sulfide) groups is 1. The third kappa shape index (κ3) is 5.13. The molecule has 4 rings (SSSR count). The van der Waals surface area contributed by atoms with Crippen molar-refractivity contribution in [3.63, 3.8) is 0 Å². The van der Waals surface area contributed by atoms with Crippen molar-refractivity contribution in [3.8, 4) is 0 Å². The summed E-state index contributed by atoms with van der Waals surface area (Å²) in [6.45, 7) is 0. The molecule has 2 aromatic rings. The normalized spacial score (nSPS) is 19.7. The highest BCUT2D eigenvalue weighted by Crippen LogP contribution is 2.30. The van der Waals surface area contributed by atoms with Gasteiger partial charge >= 0.3 is 0 Å². The van der Waals surface area contributed by atoms with Gasteiger partial charge in [0.1, 0.15) is 0 Å². The van der Waals surface area contributed by atoms with Gasteiger partial charge in [-0.1, -0.05) is 68.1 Å². The first-order valence-electron chi connectivity index (χ1n) is 10.9. The maximum Gasteiger partial charge on any atom is 0.230 e. The topological polar surface area (TPSA) is 85.8 Å². The minimum atomic E-state index is 0.0171. The first kappa shape index (κ1) is 20.3. The number of fused-ring (bicyclic) bond motifs is 1. The molecule has 3 N–H and O–H groups in total. The van der Waals surface area contributed by atoms with E-state index < -0.39 is 0 Å². The van der Waals surface area contributed by atoms with Crippen molar-refractivity contribution >= 4 is 17.7 Å². The van der Waals surface area contributed by atoms with E-state index in [4.69, 9.17) is 5.84 Å². The van der Waals surface area contributed by atoms with Crippen LogP contribution in [0.4, 0.5) is 0 Å². The Morgan fingerprint density at radius 1 is 1.14 bits per heavy atom. The van der Waals surface area contributed by atoms with Gasteiger partial charge in [-0.25, -0.2) is 4.68 Å². The number of nitrogens with zero attached hydrogens (tertiary/aromatic N) is 3. The molecule has 1 atom stereocenters. The van der Waals surface area contributed by atoms with Gasteiger partial charge in [0.2, 0.25) is 11.1 Å². The van der Waals surface area contributed by atoms with Gasteiger partial charge in [-0.05, 0) is 42.7 Å². The second kappa shape index (κ2) is 9.65. The monoisotopic (exact) mass is 413 g/mol. The number of carbonyl (C=O) groups excluding carboxylic acids is 1. The van der Waals surface area contributed by atoms with Crippen LogP contribution in [0, 0.1) is 5.92 Å². The van der Waals surface area contributed by atoms with E-state index in [0.29, 0.717) is 10.9 Å². The van der Waals surface area contributed by atoms with Crippen molar-refractivity contribution in [3.05, 3.63) is 41.2 Å². The van der Waals surface area contributed by atoms with E-state index in [0.717, 1.165) is 43.8 Å². The molecule has 1 heterocycles. The number of carbonyl (C=O) groups is 1. The van der Waals surface area contributed by atoms with Crippen LogP contribution in [-0.4, -0.2) is 26.5 Å². The Hall–Kier alpha value is -2.02. The van der Waals surface area contributed by atoms with Crippen molar-refractivity contribution in [1.82, 2.24) is 20.2 Å². The number of nitrogens with two attached hydrogens (primary N) is 1. The van der Waals surface area contributed by atoms with Crippen LogP contribution in [0.3, 0.4) is 0 Å². The smallest absolute Gasteiger partial charge is 0.230 e. The third-order valence-corrected chi connectivity index (χ3v) is 7.22. The van der Waals surface area contributed by atoms with E-state index in [1.54, 1.807) is 4.68 Å². The molecule has 29 heavy (non-hydrogen) atoms. The Kier molecular flexibility index (Phi) is 6.74. The van der Waals surface area contributed by atoms with Gasteiger partial charge in [0.15, 0.2) is 5.82 Å². The van der Waals surface area contributed by atoms with Crippen LogP contribution in [0.15, 0.2) is 29.4 Å². The van der Waals surface area contributed by atoms with Crippen molar-refractivity contribution < 1.29 is 4.79 Å². The van der Waals surface area contributed by atoms with Gasteiger partial charge < -0.3 is 11.2 Å². The molecule has 1 aromatic heterocycles. The van der Waals surface area contributed by atoms with E-state index in [9.17, 15) is 4.79 Å². The summed E-state index contributed by atoms with van der Waals surface area (Å²) in [7, 11) is 0. The zero-order valence-electron chi connectivity index (χ0n) is 17.0. The van der Waals surface area contributed by atoms with Crippen LogP contribution in [0.5, 0.6) is 0 Å².